The highest BCUT2D eigenvalue weighted by molar-refractivity contribution is 5.71. The maximum Gasteiger partial charge on any atom is 0.306 e. The molecule has 0 fully saturated rings. The summed E-state index contributed by atoms with van der Waals surface area (Å²) in [4.78, 5) is 38.2. The fourth-order valence-electron chi connectivity index (χ4n) is 8.08. The molecule has 0 aromatic rings. The van der Waals surface area contributed by atoms with E-state index < -0.39 is 6.10 Å². The van der Waals surface area contributed by atoms with Gasteiger partial charge in [-0.25, -0.2) is 0 Å². The second-order valence-electron chi connectivity index (χ2n) is 19.5. The number of allylic oxidation sites excluding steroid dienone is 16. The van der Waals surface area contributed by atoms with Crippen LogP contribution in [0.15, 0.2) is 97.2 Å². The minimum atomic E-state index is -0.793. The molecule has 0 aromatic heterocycles. The van der Waals surface area contributed by atoms with Gasteiger partial charge in [0.1, 0.15) is 13.2 Å². The number of carbonyl (C=O) groups is 3. The third-order valence-corrected chi connectivity index (χ3v) is 12.5. The third kappa shape index (κ3) is 57.1. The Hall–Kier alpha value is -3.67. The summed E-state index contributed by atoms with van der Waals surface area (Å²) in [7, 11) is 0. The average molecular weight is 988 g/mol. The predicted molar refractivity (Wildman–Crippen MR) is 307 cm³/mol. The zero-order valence-electron chi connectivity index (χ0n) is 46.5. The van der Waals surface area contributed by atoms with Crippen LogP contribution in [0.4, 0.5) is 0 Å². The normalized spacial score (nSPS) is 12.8. The second-order valence-corrected chi connectivity index (χ2v) is 19.5. The highest BCUT2D eigenvalue weighted by atomic mass is 16.6. The van der Waals surface area contributed by atoms with Gasteiger partial charge in [-0.1, -0.05) is 234 Å². The molecule has 0 aliphatic carbocycles. The fourth-order valence-corrected chi connectivity index (χ4v) is 8.08. The van der Waals surface area contributed by atoms with Crippen LogP contribution < -0.4 is 0 Å². The number of hydrogen-bond donors (Lipinski definition) is 0. The highest BCUT2D eigenvalue weighted by Crippen LogP contribution is 2.15. The molecule has 0 amide bonds. The molecule has 406 valence electrons. The lowest BCUT2D eigenvalue weighted by Crippen LogP contribution is -2.30. The van der Waals surface area contributed by atoms with Crippen LogP contribution in [-0.2, 0) is 28.6 Å². The summed E-state index contributed by atoms with van der Waals surface area (Å²) < 4.78 is 16.9. The average Bonchev–Trinajstić information content (AvgIpc) is 3.37. The van der Waals surface area contributed by atoms with Gasteiger partial charge >= 0.3 is 17.9 Å². The Morgan fingerprint density at radius 2 is 0.549 bits per heavy atom. The van der Waals surface area contributed by atoms with Gasteiger partial charge in [-0.15, -0.1) is 0 Å². The molecule has 0 bridgehead atoms. The zero-order valence-corrected chi connectivity index (χ0v) is 46.5. The molecule has 1 unspecified atom stereocenters. The van der Waals surface area contributed by atoms with Crippen molar-refractivity contribution in [2.45, 2.75) is 284 Å². The van der Waals surface area contributed by atoms with Crippen LogP contribution in [0.25, 0.3) is 0 Å². The molecule has 0 N–H and O–H groups in total. The SMILES string of the molecule is CC/C=C\C/C=C\C/C=C\C/C=C\CCCCCCCCCCC(=O)OCC(COC(=O)CCCCCCC/C=C\CCCCCC)OC(=O)CCCCCCCC/C=C\C/C=C\C/C=C\CCCCC. The molecule has 6 heteroatoms. The lowest BCUT2D eigenvalue weighted by Gasteiger charge is -2.18. The van der Waals surface area contributed by atoms with Crippen molar-refractivity contribution >= 4 is 17.9 Å². The Morgan fingerprint density at radius 1 is 0.296 bits per heavy atom. The summed E-state index contributed by atoms with van der Waals surface area (Å²) in [6, 6.07) is 0. The lowest BCUT2D eigenvalue weighted by molar-refractivity contribution is -0.167. The monoisotopic (exact) mass is 987 g/mol. The quantitative estimate of drug-likeness (QED) is 0.0261. The van der Waals surface area contributed by atoms with Crippen molar-refractivity contribution in [3.05, 3.63) is 97.2 Å². The summed E-state index contributed by atoms with van der Waals surface area (Å²) in [5.41, 5.74) is 0. The van der Waals surface area contributed by atoms with Gasteiger partial charge in [0.25, 0.3) is 0 Å². The summed E-state index contributed by atoms with van der Waals surface area (Å²) >= 11 is 0. The van der Waals surface area contributed by atoms with Gasteiger partial charge in [0.15, 0.2) is 6.10 Å². The van der Waals surface area contributed by atoms with Gasteiger partial charge in [0.2, 0.25) is 0 Å². The number of rotatable bonds is 53. The molecule has 0 saturated heterocycles. The number of carbonyl (C=O) groups excluding carboxylic acids is 3. The number of esters is 3. The van der Waals surface area contributed by atoms with Crippen LogP contribution in [0.3, 0.4) is 0 Å². The van der Waals surface area contributed by atoms with E-state index in [2.05, 4.69) is 118 Å². The molecule has 0 radical (unpaired) electrons. The topological polar surface area (TPSA) is 78.9 Å². The number of hydrogen-bond acceptors (Lipinski definition) is 6. The first-order valence-electron chi connectivity index (χ1n) is 29.7. The largest absolute Gasteiger partial charge is 0.462 e. The minimum absolute atomic E-state index is 0.0899. The van der Waals surface area contributed by atoms with Crippen LogP contribution in [0.5, 0.6) is 0 Å². The van der Waals surface area contributed by atoms with Crippen molar-refractivity contribution in [2.24, 2.45) is 0 Å². The van der Waals surface area contributed by atoms with Crippen molar-refractivity contribution in [1.29, 1.82) is 0 Å². The van der Waals surface area contributed by atoms with Crippen LogP contribution >= 0.6 is 0 Å². The van der Waals surface area contributed by atoms with E-state index in [-0.39, 0.29) is 31.1 Å². The van der Waals surface area contributed by atoms with Gasteiger partial charge < -0.3 is 14.2 Å². The molecule has 6 nitrogen and oxygen atoms in total. The van der Waals surface area contributed by atoms with E-state index in [0.717, 1.165) is 122 Å². The second kappa shape index (κ2) is 58.9. The van der Waals surface area contributed by atoms with E-state index in [0.29, 0.717) is 19.3 Å². The molecule has 0 heterocycles. The van der Waals surface area contributed by atoms with Crippen molar-refractivity contribution in [2.75, 3.05) is 13.2 Å². The number of unbranched alkanes of at least 4 members (excludes halogenated alkanes) is 26. The van der Waals surface area contributed by atoms with Crippen molar-refractivity contribution in [3.63, 3.8) is 0 Å². The molecule has 71 heavy (non-hydrogen) atoms. The third-order valence-electron chi connectivity index (χ3n) is 12.5. The first-order chi connectivity index (χ1) is 35.0. The maximum absolute atomic E-state index is 12.9. The van der Waals surface area contributed by atoms with E-state index >= 15 is 0 Å². The van der Waals surface area contributed by atoms with Crippen LogP contribution in [0.1, 0.15) is 278 Å². The molecule has 0 spiro atoms. The van der Waals surface area contributed by atoms with Gasteiger partial charge in [-0.2, -0.15) is 0 Å². The first kappa shape index (κ1) is 67.3. The van der Waals surface area contributed by atoms with Gasteiger partial charge in [-0.05, 0) is 122 Å². The molecule has 0 rings (SSSR count). The summed E-state index contributed by atoms with van der Waals surface area (Å²) in [6.45, 7) is 6.47. The minimum Gasteiger partial charge on any atom is -0.462 e. The van der Waals surface area contributed by atoms with E-state index in [1.54, 1.807) is 0 Å². The highest BCUT2D eigenvalue weighted by Gasteiger charge is 2.19. The van der Waals surface area contributed by atoms with Crippen LogP contribution in [0.2, 0.25) is 0 Å². The van der Waals surface area contributed by atoms with Gasteiger partial charge in [-0.3, -0.25) is 14.4 Å². The van der Waals surface area contributed by atoms with Crippen LogP contribution in [0, 0.1) is 0 Å². The predicted octanol–water partition coefficient (Wildman–Crippen LogP) is 20.1. The summed E-state index contributed by atoms with van der Waals surface area (Å²) in [5.74, 6) is -0.914. The Balaban J connectivity index is 4.41. The molecule has 0 aliphatic heterocycles. The Morgan fingerprint density at radius 3 is 0.901 bits per heavy atom. The van der Waals surface area contributed by atoms with Crippen LogP contribution in [-0.4, -0.2) is 37.2 Å². The Bertz CT molecular complexity index is 1410. The zero-order chi connectivity index (χ0) is 51.4. The van der Waals surface area contributed by atoms with Crippen molar-refractivity contribution in [3.8, 4) is 0 Å². The first-order valence-corrected chi connectivity index (χ1v) is 29.7. The van der Waals surface area contributed by atoms with E-state index in [9.17, 15) is 14.4 Å². The molecule has 1 atom stereocenters. The lowest BCUT2D eigenvalue weighted by atomic mass is 10.1. The van der Waals surface area contributed by atoms with Crippen molar-refractivity contribution < 1.29 is 28.6 Å². The molecule has 0 aliphatic rings. The Kier molecular flexibility index (Phi) is 55.9. The molecule has 0 saturated carbocycles. The van der Waals surface area contributed by atoms with E-state index in [4.69, 9.17) is 14.2 Å². The maximum atomic E-state index is 12.9. The van der Waals surface area contributed by atoms with Gasteiger partial charge in [0.05, 0.1) is 0 Å². The standard InChI is InChI=1S/C65H110O6/c1-4-7-10-13-16-19-22-25-27-29-31-32-34-35-37-40-43-46-49-52-55-58-64(67)70-61-62(60-69-63(66)57-54-51-48-45-42-39-24-21-18-15-12-9-6-3)71-65(68)59-56-53-50-47-44-41-38-36-33-30-28-26-23-20-17-14-11-8-5-2/h7,10,16-17,19-21,24-28,31-33,36,62H,4-6,8-9,11-15,18,22-23,29-30,34-35,37-61H2,1-3H3/b10-7-,19-16-,20-17-,24-21-,27-25-,28-26-,32-31-,36-33-. The molecule has 0 aromatic carbocycles. The molecular formula is C65H110O6. The smallest absolute Gasteiger partial charge is 0.306 e. The van der Waals surface area contributed by atoms with Crippen molar-refractivity contribution in [1.82, 2.24) is 0 Å². The number of ether oxygens (including phenoxy) is 3. The van der Waals surface area contributed by atoms with E-state index in [1.165, 1.54) is 116 Å². The fraction of sp³-hybridized carbons (Fsp3) is 0.708. The summed E-state index contributed by atoms with van der Waals surface area (Å²) in [6.07, 6.45) is 78.2. The van der Waals surface area contributed by atoms with Gasteiger partial charge in [0, 0.05) is 19.3 Å². The Labute approximate surface area is 438 Å². The molecular weight excluding hydrogens is 877 g/mol. The van der Waals surface area contributed by atoms with E-state index in [1.807, 2.05) is 0 Å². The summed E-state index contributed by atoms with van der Waals surface area (Å²) in [5, 5.41) is 0.